The molecular formula is C54H75N7O6. The minimum absolute atomic E-state index is 0.0617. The zero-order valence-electron chi connectivity index (χ0n) is 42.0. The molecule has 2 amide bonds. The third kappa shape index (κ3) is 14.5. The van der Waals surface area contributed by atoms with E-state index in [1.54, 1.807) is 19.1 Å². The molecule has 1 fully saturated rings. The molecule has 4 heterocycles. The van der Waals surface area contributed by atoms with Crippen LogP contribution < -0.4 is 20.3 Å². The molecule has 0 radical (unpaired) electrons. The number of Topliss-reactive ketones (excluding diaryl/α,β-unsaturated/α-hetero) is 3. The number of hydrogen-bond donors (Lipinski definition) is 2. The molecule has 67 heavy (non-hydrogen) atoms. The van der Waals surface area contributed by atoms with Crippen LogP contribution in [0.4, 0.5) is 17.1 Å². The number of benzene rings is 2. The second-order valence-corrected chi connectivity index (χ2v) is 17.8. The van der Waals surface area contributed by atoms with Gasteiger partial charge < -0.3 is 25.1 Å². The summed E-state index contributed by atoms with van der Waals surface area (Å²) in [5.74, 6) is 0.442. The van der Waals surface area contributed by atoms with Crippen LogP contribution in [0.1, 0.15) is 151 Å². The van der Waals surface area contributed by atoms with Gasteiger partial charge in [0.15, 0.2) is 5.78 Å². The number of nitrogens with zero attached hydrogens (tertiary/aromatic N) is 5. The van der Waals surface area contributed by atoms with Gasteiger partial charge in [0.1, 0.15) is 29.7 Å². The Kier molecular flexibility index (Phi) is 20.7. The summed E-state index contributed by atoms with van der Waals surface area (Å²) in [5, 5.41) is 6.57. The van der Waals surface area contributed by atoms with Crippen LogP contribution in [0.3, 0.4) is 0 Å². The fourth-order valence-electron chi connectivity index (χ4n) is 8.18. The average molecular weight is 918 g/mol. The Hall–Kier alpha value is -5.95. The molecular weight excluding hydrogens is 843 g/mol. The zero-order valence-corrected chi connectivity index (χ0v) is 42.0. The number of aryl methyl sites for hydroxylation is 1. The topological polar surface area (TPSA) is 154 Å². The molecule has 2 atom stereocenters. The minimum Gasteiger partial charge on any atom is -0.474 e. The largest absolute Gasteiger partial charge is 0.474 e. The van der Waals surface area contributed by atoms with Crippen molar-refractivity contribution < 1.29 is 28.7 Å². The number of carbonyl (C=O) groups excluding carboxylic acids is 5. The molecule has 1 aromatic heterocycles. The third-order valence-corrected chi connectivity index (χ3v) is 12.6. The van der Waals surface area contributed by atoms with E-state index in [0.29, 0.717) is 23.8 Å². The number of nitrogens with one attached hydrogen (secondary N) is 2. The van der Waals surface area contributed by atoms with E-state index in [0.717, 1.165) is 110 Å². The SMILES string of the molecule is C=C(CC)/C(=C\N=C(C)Nc1ccc([C@@H](C)C(C)=O)cc1)CCC.CCCN(CCC)C1CN(c2ccc3c(c2)C(=O)N(C(CCC(C)=O)C(C)=O)C3=O)C1.Cc1cnc2c(c1C)NCCO2. The van der Waals surface area contributed by atoms with Crippen molar-refractivity contribution in [2.45, 2.75) is 139 Å². The first-order valence-electron chi connectivity index (χ1n) is 24.1. The summed E-state index contributed by atoms with van der Waals surface area (Å²) in [6.07, 6.45) is 9.38. The Labute approximate surface area is 399 Å². The Morgan fingerprint density at radius 3 is 2.16 bits per heavy atom. The number of aromatic nitrogens is 1. The van der Waals surface area contributed by atoms with Crippen molar-refractivity contribution in [1.82, 2.24) is 14.8 Å². The van der Waals surface area contributed by atoms with Crippen LogP contribution >= 0.6 is 0 Å². The van der Waals surface area contributed by atoms with E-state index in [9.17, 15) is 24.0 Å². The molecule has 13 nitrogen and oxygen atoms in total. The Bertz CT molecular complexity index is 2290. The normalized spacial score (nSPS) is 15.4. The number of hydrogen-bond acceptors (Lipinski definition) is 11. The van der Waals surface area contributed by atoms with Crippen molar-refractivity contribution in [3.8, 4) is 5.88 Å². The van der Waals surface area contributed by atoms with E-state index in [1.807, 2.05) is 56.6 Å². The van der Waals surface area contributed by atoms with Crippen molar-refractivity contribution in [3.05, 3.63) is 100 Å². The van der Waals surface area contributed by atoms with Crippen molar-refractivity contribution in [3.63, 3.8) is 0 Å². The first-order valence-corrected chi connectivity index (χ1v) is 24.1. The predicted octanol–water partition coefficient (Wildman–Crippen LogP) is 10.3. The van der Waals surface area contributed by atoms with Gasteiger partial charge in [-0.05, 0) is 139 Å². The maximum atomic E-state index is 13.1. The lowest BCUT2D eigenvalue weighted by Crippen LogP contribution is -2.59. The lowest BCUT2D eigenvalue weighted by atomic mass is 9.97. The Balaban J connectivity index is 0.000000240. The standard InChI is InChI=1S/C24H33N3O4.C21H30N2O.C9H12N2O/c1-5-11-25(12-6-2)19-14-26(15-19)18-8-9-20-21(13-18)24(31)27(23(20)30)22(17(4)29)10-7-16(3)28;1-7-9-20(15(3)8-2)14-22-18(6)23-21-12-10-19(11-13-21)16(4)17(5)24;1-6-5-11-9-8(7(6)2)10-3-4-12-9/h8-9,13,19,22H,5-7,10-12,14-15H2,1-4H3;10-14,16H,3,7-9H2,1-2,4-6H3,(H,22,23);5,10H,3-4H2,1-2H3/b;20-14-;/t;16-;/m.0./s1. The number of imide groups is 1. The smallest absolute Gasteiger partial charge is 0.262 e. The molecule has 1 saturated heterocycles. The van der Waals surface area contributed by atoms with E-state index in [-0.39, 0.29) is 36.1 Å². The lowest BCUT2D eigenvalue weighted by molar-refractivity contribution is -0.122. The van der Waals surface area contributed by atoms with E-state index >= 15 is 0 Å². The molecule has 6 rings (SSSR count). The van der Waals surface area contributed by atoms with Gasteiger partial charge in [0.2, 0.25) is 5.88 Å². The molecule has 1 unspecified atom stereocenters. The highest BCUT2D eigenvalue weighted by molar-refractivity contribution is 6.23. The first kappa shape index (κ1) is 53.7. The summed E-state index contributed by atoms with van der Waals surface area (Å²) < 4.78 is 5.39. The van der Waals surface area contributed by atoms with Crippen molar-refractivity contribution in [2.24, 2.45) is 4.99 Å². The Morgan fingerprint density at radius 2 is 1.58 bits per heavy atom. The van der Waals surface area contributed by atoms with Gasteiger partial charge in [-0.15, -0.1) is 0 Å². The van der Waals surface area contributed by atoms with Gasteiger partial charge in [-0.3, -0.25) is 29.0 Å². The highest BCUT2D eigenvalue weighted by Crippen LogP contribution is 2.33. The Morgan fingerprint density at radius 1 is 0.925 bits per heavy atom. The van der Waals surface area contributed by atoms with Gasteiger partial charge in [0, 0.05) is 61.8 Å². The van der Waals surface area contributed by atoms with E-state index in [2.05, 4.69) is 78.5 Å². The van der Waals surface area contributed by atoms with Gasteiger partial charge in [-0.25, -0.2) is 9.98 Å². The van der Waals surface area contributed by atoms with Gasteiger partial charge in [-0.1, -0.05) is 65.3 Å². The highest BCUT2D eigenvalue weighted by Gasteiger charge is 2.42. The van der Waals surface area contributed by atoms with Crippen LogP contribution in [0.25, 0.3) is 0 Å². The van der Waals surface area contributed by atoms with E-state index in [1.165, 1.54) is 30.5 Å². The average Bonchev–Trinajstić information content (AvgIpc) is 3.53. The van der Waals surface area contributed by atoms with Crippen molar-refractivity contribution in [2.75, 3.05) is 54.9 Å². The number of amides is 2. The number of aliphatic imine (C=N–C) groups is 1. The summed E-state index contributed by atoms with van der Waals surface area (Å²) in [7, 11) is 0. The number of ketones is 3. The number of carbonyl (C=O) groups is 5. The summed E-state index contributed by atoms with van der Waals surface area (Å²) in [6.45, 7) is 30.8. The van der Waals surface area contributed by atoms with E-state index in [4.69, 9.17) is 4.74 Å². The molecule has 3 aliphatic heterocycles. The molecule has 362 valence electrons. The van der Waals surface area contributed by atoms with Crippen LogP contribution in [0.15, 0.2) is 77.6 Å². The monoisotopic (exact) mass is 918 g/mol. The maximum absolute atomic E-state index is 13.1. The lowest BCUT2D eigenvalue weighted by Gasteiger charge is -2.47. The van der Waals surface area contributed by atoms with Crippen LogP contribution in [0.5, 0.6) is 5.88 Å². The van der Waals surface area contributed by atoms with E-state index < -0.39 is 17.9 Å². The van der Waals surface area contributed by atoms with Crippen LogP contribution in [-0.4, -0.2) is 101 Å². The van der Waals surface area contributed by atoms with Gasteiger partial charge in [-0.2, -0.15) is 0 Å². The van der Waals surface area contributed by atoms with Crippen molar-refractivity contribution >= 4 is 52.1 Å². The number of fused-ring (bicyclic) bond motifs is 2. The zero-order chi connectivity index (χ0) is 49.4. The maximum Gasteiger partial charge on any atom is 0.262 e. The molecule has 0 aliphatic carbocycles. The van der Waals surface area contributed by atoms with Crippen molar-refractivity contribution in [1.29, 1.82) is 0 Å². The number of anilines is 3. The van der Waals surface area contributed by atoms with Gasteiger partial charge in [0.25, 0.3) is 11.8 Å². The first-order chi connectivity index (χ1) is 31.9. The van der Waals surface area contributed by atoms with Gasteiger partial charge in [0.05, 0.1) is 17.2 Å². The van der Waals surface area contributed by atoms with Gasteiger partial charge >= 0.3 is 0 Å². The molecule has 0 saturated carbocycles. The fraction of sp³-hybridized carbons (Fsp3) is 0.500. The number of amidine groups is 1. The summed E-state index contributed by atoms with van der Waals surface area (Å²) >= 11 is 0. The third-order valence-electron chi connectivity index (χ3n) is 12.6. The fourth-order valence-corrected chi connectivity index (χ4v) is 8.18. The number of allylic oxidation sites excluding steroid dienone is 2. The molecule has 3 aliphatic rings. The highest BCUT2D eigenvalue weighted by atomic mass is 16.5. The predicted molar refractivity (Wildman–Crippen MR) is 272 cm³/mol. The molecule has 0 bridgehead atoms. The number of rotatable bonds is 19. The quantitative estimate of drug-likeness (QED) is 0.0511. The molecule has 2 aromatic carbocycles. The minimum atomic E-state index is -0.898. The molecule has 2 N–H and O–H groups in total. The molecule has 3 aromatic rings. The second-order valence-electron chi connectivity index (χ2n) is 17.8. The second kappa shape index (κ2) is 25.8. The molecule has 0 spiro atoms. The van der Waals surface area contributed by atoms with Crippen LogP contribution in [0, 0.1) is 13.8 Å². The number of pyridine rings is 1. The summed E-state index contributed by atoms with van der Waals surface area (Å²) in [5.41, 5.74) is 9.46. The van der Waals surface area contributed by atoms with Crippen LogP contribution in [0.2, 0.25) is 0 Å². The summed E-state index contributed by atoms with van der Waals surface area (Å²) in [4.78, 5) is 75.4. The molecule has 13 heteroatoms. The van der Waals surface area contributed by atoms with Crippen LogP contribution in [-0.2, 0) is 14.4 Å². The number of ether oxygens (including phenoxy) is 1. The summed E-state index contributed by atoms with van der Waals surface area (Å²) in [6, 6.07) is 12.9.